The molecule has 1 rings (SSSR count). The van der Waals surface area contributed by atoms with Crippen LogP contribution in [0.1, 0.15) is 30.9 Å². The van der Waals surface area contributed by atoms with E-state index < -0.39 is 0 Å². The first kappa shape index (κ1) is 9.47. The maximum absolute atomic E-state index is 11.1. The van der Waals surface area contributed by atoms with Crippen molar-refractivity contribution in [1.82, 2.24) is 0 Å². The highest BCUT2D eigenvalue weighted by Crippen LogP contribution is 2.16. The van der Waals surface area contributed by atoms with E-state index in [9.17, 15) is 4.79 Å². The minimum atomic E-state index is -0.117. The summed E-state index contributed by atoms with van der Waals surface area (Å²) in [5, 5.41) is 8.65. The maximum atomic E-state index is 11.1. The molecule has 0 bridgehead atoms. The Morgan fingerprint density at radius 2 is 2.23 bits per heavy atom. The predicted molar refractivity (Wildman–Crippen MR) is 50.3 cm³/mol. The number of carbonyl (C=O) groups is 1. The van der Waals surface area contributed by atoms with Gasteiger partial charge in [-0.2, -0.15) is 5.26 Å². The molecule has 1 atom stereocenters. The summed E-state index contributed by atoms with van der Waals surface area (Å²) in [7, 11) is 0. The van der Waals surface area contributed by atoms with Crippen molar-refractivity contribution in [3.63, 3.8) is 0 Å². The molecule has 1 aromatic carbocycles. The first-order valence-corrected chi connectivity index (χ1v) is 4.15. The topological polar surface area (TPSA) is 40.9 Å². The highest BCUT2D eigenvalue weighted by Gasteiger charge is 2.10. The summed E-state index contributed by atoms with van der Waals surface area (Å²) in [6.07, 6.45) is 0. The van der Waals surface area contributed by atoms with Gasteiger partial charge in [-0.05, 0) is 24.6 Å². The lowest BCUT2D eigenvalue weighted by atomic mass is 9.96. The monoisotopic (exact) mass is 173 g/mol. The Morgan fingerprint density at radius 1 is 1.54 bits per heavy atom. The van der Waals surface area contributed by atoms with Gasteiger partial charge in [0.1, 0.15) is 5.78 Å². The van der Waals surface area contributed by atoms with Crippen LogP contribution < -0.4 is 0 Å². The van der Waals surface area contributed by atoms with Crippen LogP contribution in [0.25, 0.3) is 0 Å². The van der Waals surface area contributed by atoms with Crippen LogP contribution in [0, 0.1) is 11.3 Å². The van der Waals surface area contributed by atoms with Crippen molar-refractivity contribution in [2.75, 3.05) is 0 Å². The van der Waals surface area contributed by atoms with E-state index in [0.29, 0.717) is 5.56 Å². The van der Waals surface area contributed by atoms with E-state index in [4.69, 9.17) is 5.26 Å². The van der Waals surface area contributed by atoms with Gasteiger partial charge in [-0.3, -0.25) is 4.79 Å². The van der Waals surface area contributed by atoms with E-state index in [1.165, 1.54) is 0 Å². The third-order valence-electron chi connectivity index (χ3n) is 2.13. The summed E-state index contributed by atoms with van der Waals surface area (Å²) < 4.78 is 0. The quantitative estimate of drug-likeness (QED) is 0.688. The molecule has 66 valence electrons. The van der Waals surface area contributed by atoms with Crippen molar-refractivity contribution >= 4 is 5.78 Å². The van der Waals surface area contributed by atoms with Crippen LogP contribution in [0.3, 0.4) is 0 Å². The van der Waals surface area contributed by atoms with Crippen molar-refractivity contribution in [2.45, 2.75) is 19.8 Å². The summed E-state index contributed by atoms with van der Waals surface area (Å²) in [6.45, 7) is 3.41. The Morgan fingerprint density at radius 3 is 2.77 bits per heavy atom. The predicted octanol–water partition coefficient (Wildman–Crippen LogP) is 2.25. The zero-order valence-electron chi connectivity index (χ0n) is 7.74. The van der Waals surface area contributed by atoms with Gasteiger partial charge in [-0.25, -0.2) is 0 Å². The number of rotatable bonds is 2. The molecule has 0 aromatic heterocycles. The molecule has 0 aliphatic carbocycles. The fourth-order valence-electron chi connectivity index (χ4n) is 1.11. The molecule has 0 saturated carbocycles. The van der Waals surface area contributed by atoms with Gasteiger partial charge in [-0.1, -0.05) is 19.1 Å². The zero-order valence-corrected chi connectivity index (χ0v) is 7.74. The van der Waals surface area contributed by atoms with E-state index in [-0.39, 0.29) is 11.7 Å². The van der Waals surface area contributed by atoms with E-state index in [0.717, 1.165) is 5.56 Å². The molecule has 0 heterocycles. The molecule has 1 aromatic rings. The fourth-order valence-corrected chi connectivity index (χ4v) is 1.11. The lowest BCUT2D eigenvalue weighted by Gasteiger charge is -2.07. The number of ketones is 1. The molecular weight excluding hydrogens is 162 g/mol. The second-order valence-electron chi connectivity index (χ2n) is 3.07. The maximum Gasteiger partial charge on any atom is 0.136 e. The number of hydrogen-bond acceptors (Lipinski definition) is 2. The third kappa shape index (κ3) is 2.16. The highest BCUT2D eigenvalue weighted by molar-refractivity contribution is 5.82. The van der Waals surface area contributed by atoms with Crippen LogP contribution in [0.5, 0.6) is 0 Å². The van der Waals surface area contributed by atoms with E-state index in [1.54, 1.807) is 25.1 Å². The largest absolute Gasteiger partial charge is 0.299 e. The molecule has 0 aliphatic rings. The molecule has 1 unspecified atom stereocenters. The molecule has 2 nitrogen and oxygen atoms in total. The zero-order chi connectivity index (χ0) is 9.84. The molecule has 0 fully saturated rings. The van der Waals surface area contributed by atoms with Crippen molar-refractivity contribution < 1.29 is 4.79 Å². The molecule has 0 N–H and O–H groups in total. The summed E-state index contributed by atoms with van der Waals surface area (Å²) >= 11 is 0. The van der Waals surface area contributed by atoms with Crippen molar-refractivity contribution in [1.29, 1.82) is 5.26 Å². The van der Waals surface area contributed by atoms with Gasteiger partial charge in [-0.15, -0.1) is 0 Å². The lowest BCUT2D eigenvalue weighted by molar-refractivity contribution is -0.118. The van der Waals surface area contributed by atoms with E-state index in [2.05, 4.69) is 0 Å². The van der Waals surface area contributed by atoms with Crippen LogP contribution in [-0.2, 0) is 4.79 Å². The Bertz CT molecular complexity index is 363. The van der Waals surface area contributed by atoms with Gasteiger partial charge < -0.3 is 0 Å². The normalized spacial score (nSPS) is 11.8. The summed E-state index contributed by atoms with van der Waals surface area (Å²) in [5.41, 5.74) is 1.51. The second kappa shape index (κ2) is 3.86. The molecule has 0 radical (unpaired) electrons. The number of hydrogen-bond donors (Lipinski definition) is 0. The van der Waals surface area contributed by atoms with E-state index >= 15 is 0 Å². The van der Waals surface area contributed by atoms with Crippen molar-refractivity contribution in [3.8, 4) is 6.07 Å². The second-order valence-corrected chi connectivity index (χ2v) is 3.07. The molecular formula is C11H11NO. The van der Waals surface area contributed by atoms with Crippen LogP contribution in [0.15, 0.2) is 24.3 Å². The highest BCUT2D eigenvalue weighted by atomic mass is 16.1. The first-order chi connectivity index (χ1) is 6.15. The van der Waals surface area contributed by atoms with Crippen molar-refractivity contribution in [3.05, 3.63) is 35.4 Å². The van der Waals surface area contributed by atoms with Crippen LogP contribution >= 0.6 is 0 Å². The molecule has 13 heavy (non-hydrogen) atoms. The number of nitriles is 1. The average Bonchev–Trinajstić information content (AvgIpc) is 2.16. The number of carbonyl (C=O) groups excluding carboxylic acids is 1. The smallest absolute Gasteiger partial charge is 0.136 e. The molecule has 0 spiro atoms. The first-order valence-electron chi connectivity index (χ1n) is 4.15. The standard InChI is InChI=1S/C11H11NO/c1-8(9(2)13)11-5-3-4-10(6-11)7-12/h3-6,8H,1-2H3. The van der Waals surface area contributed by atoms with Crippen LogP contribution in [0.4, 0.5) is 0 Å². The Balaban J connectivity index is 3.03. The van der Waals surface area contributed by atoms with E-state index in [1.807, 2.05) is 19.1 Å². The molecule has 2 heteroatoms. The van der Waals surface area contributed by atoms with Gasteiger partial charge in [0.05, 0.1) is 11.6 Å². The molecule has 0 saturated heterocycles. The van der Waals surface area contributed by atoms with Gasteiger partial charge in [0.2, 0.25) is 0 Å². The van der Waals surface area contributed by atoms with Crippen LogP contribution in [-0.4, -0.2) is 5.78 Å². The summed E-state index contributed by atoms with van der Waals surface area (Å²) in [6, 6.07) is 9.21. The lowest BCUT2D eigenvalue weighted by Crippen LogP contribution is -2.03. The van der Waals surface area contributed by atoms with Crippen LogP contribution in [0.2, 0.25) is 0 Å². The van der Waals surface area contributed by atoms with Crippen molar-refractivity contribution in [2.24, 2.45) is 0 Å². The third-order valence-corrected chi connectivity index (χ3v) is 2.13. The van der Waals surface area contributed by atoms with Gasteiger partial charge in [0.15, 0.2) is 0 Å². The average molecular weight is 173 g/mol. The molecule has 0 amide bonds. The number of nitrogens with zero attached hydrogens (tertiary/aromatic N) is 1. The fraction of sp³-hybridized carbons (Fsp3) is 0.273. The Kier molecular flexibility index (Phi) is 2.81. The summed E-state index contributed by atoms with van der Waals surface area (Å²) in [5.74, 6) is 0.00314. The number of Topliss-reactive ketones (excluding diaryl/α,β-unsaturated/α-hetero) is 1. The SMILES string of the molecule is CC(=O)C(C)c1cccc(C#N)c1. The molecule has 0 aliphatic heterocycles. The van der Waals surface area contributed by atoms with Gasteiger partial charge in [0, 0.05) is 5.92 Å². The number of benzene rings is 1. The Hall–Kier alpha value is -1.62. The minimum absolute atomic E-state index is 0.117. The summed E-state index contributed by atoms with van der Waals surface area (Å²) in [4.78, 5) is 11.1. The van der Waals surface area contributed by atoms with Gasteiger partial charge >= 0.3 is 0 Å². The van der Waals surface area contributed by atoms with Gasteiger partial charge in [0.25, 0.3) is 0 Å². The minimum Gasteiger partial charge on any atom is -0.299 e. The Labute approximate surface area is 77.8 Å².